The summed E-state index contributed by atoms with van der Waals surface area (Å²) in [5, 5.41) is 18.1. The normalized spacial score (nSPS) is 12.7. The van der Waals surface area contributed by atoms with Gasteiger partial charge in [0.2, 0.25) is 11.8 Å². The molecule has 3 heterocycles. The fraction of sp³-hybridized carbons (Fsp3) is 0.267. The number of rotatable bonds is 12. The van der Waals surface area contributed by atoms with Gasteiger partial charge >= 0.3 is 18.4 Å². The number of fused-ring (bicyclic) bond motifs is 2. The first kappa shape index (κ1) is 37.8. The van der Waals surface area contributed by atoms with Crippen LogP contribution in [-0.2, 0) is 28.1 Å². The number of carbonyl (C=O) groups excluding carboxylic acids is 1. The number of nitrogens with zero attached hydrogens (tertiary/aromatic N) is 5. The number of hydrogen-bond acceptors (Lipinski definition) is 9. The highest BCUT2D eigenvalue weighted by Gasteiger charge is 2.42. The van der Waals surface area contributed by atoms with Crippen LogP contribution in [0.15, 0.2) is 47.3 Å². The Morgan fingerprint density at radius 3 is 2.37 bits per heavy atom. The minimum atomic E-state index is -4.57. The second-order valence-corrected chi connectivity index (χ2v) is 13.9. The summed E-state index contributed by atoms with van der Waals surface area (Å²) >= 11 is 6.48. The molecule has 0 radical (unpaired) electrons. The second-order valence-electron chi connectivity index (χ2n) is 11.3. The Kier molecular flexibility index (Phi) is 10.4. The summed E-state index contributed by atoms with van der Waals surface area (Å²) in [6, 6.07) is 5.26. The van der Waals surface area contributed by atoms with Crippen LogP contribution < -0.4 is 20.9 Å². The molecule has 5 aromatic rings. The lowest BCUT2D eigenvalue weighted by Crippen LogP contribution is -2.35. The average Bonchev–Trinajstić information content (AvgIpc) is 3.34. The highest BCUT2D eigenvalue weighted by Crippen LogP contribution is 2.35. The van der Waals surface area contributed by atoms with Gasteiger partial charge in [0, 0.05) is 31.9 Å². The Labute approximate surface area is 292 Å². The van der Waals surface area contributed by atoms with Gasteiger partial charge in [-0.05, 0) is 35.9 Å². The van der Waals surface area contributed by atoms with E-state index in [2.05, 4.69) is 25.7 Å². The summed E-state index contributed by atoms with van der Waals surface area (Å²) in [5.74, 6) is -9.86. The number of nitrogens with one attached hydrogen (secondary N) is 2. The molecule has 3 aromatic heterocycles. The smallest absolute Gasteiger partial charge is 0.405 e. The fourth-order valence-electron chi connectivity index (χ4n) is 5.20. The summed E-state index contributed by atoms with van der Waals surface area (Å²) in [6.07, 6.45) is -5.46. The molecule has 0 aliphatic heterocycles. The van der Waals surface area contributed by atoms with Crippen molar-refractivity contribution in [1.29, 1.82) is 0 Å². The molecule has 14 nitrogen and oxygen atoms in total. The van der Waals surface area contributed by atoms with Crippen molar-refractivity contribution in [2.75, 3.05) is 23.9 Å². The number of pyridine rings is 1. The molecule has 1 atom stereocenters. The van der Waals surface area contributed by atoms with Crippen molar-refractivity contribution >= 4 is 61.2 Å². The SMILES string of the molecule is Cn1nc(NC(=O)CS(C)(=O)=O)c2c(Cl)ccc(-n3c(C(Cc4cc(F)cc(F)c4)NC(=O)O)nc4nc(OCC(F)(F)C(F)F)ccc4c3=O)c21. The Morgan fingerprint density at radius 2 is 1.75 bits per heavy atom. The van der Waals surface area contributed by atoms with Crippen molar-refractivity contribution in [3.8, 4) is 11.6 Å². The minimum absolute atomic E-state index is 0.00163. The van der Waals surface area contributed by atoms with Crippen LogP contribution >= 0.6 is 11.6 Å². The van der Waals surface area contributed by atoms with Crippen LogP contribution in [0.5, 0.6) is 5.88 Å². The van der Waals surface area contributed by atoms with E-state index < -0.39 is 93.6 Å². The number of aromatic nitrogens is 5. The van der Waals surface area contributed by atoms with E-state index in [1.54, 1.807) is 0 Å². The highest BCUT2D eigenvalue weighted by atomic mass is 35.5. The van der Waals surface area contributed by atoms with Crippen LogP contribution in [0.3, 0.4) is 0 Å². The Balaban J connectivity index is 1.77. The average molecular weight is 776 g/mol. The molecule has 52 heavy (non-hydrogen) atoms. The van der Waals surface area contributed by atoms with E-state index in [0.29, 0.717) is 6.07 Å². The molecule has 0 saturated heterocycles. The zero-order valence-electron chi connectivity index (χ0n) is 26.5. The molecule has 1 unspecified atom stereocenters. The molecule has 2 aromatic carbocycles. The number of carboxylic acid groups (broad SMARTS) is 1. The maximum absolute atomic E-state index is 14.3. The van der Waals surface area contributed by atoms with Crippen LogP contribution in [0.25, 0.3) is 27.6 Å². The maximum Gasteiger partial charge on any atom is 0.405 e. The third kappa shape index (κ3) is 8.20. The molecular weight excluding hydrogens is 752 g/mol. The van der Waals surface area contributed by atoms with Crippen LogP contribution in [-0.4, -0.2) is 80.8 Å². The molecule has 0 aliphatic carbocycles. The van der Waals surface area contributed by atoms with Gasteiger partial charge in [0.05, 0.1) is 33.0 Å². The van der Waals surface area contributed by atoms with Crippen molar-refractivity contribution < 1.29 is 54.2 Å². The largest absolute Gasteiger partial charge is 0.471 e. The van der Waals surface area contributed by atoms with Gasteiger partial charge in [-0.1, -0.05) is 11.6 Å². The number of halogens is 7. The number of hydrogen-bond donors (Lipinski definition) is 3. The van der Waals surface area contributed by atoms with E-state index >= 15 is 0 Å². The molecule has 0 fully saturated rings. The van der Waals surface area contributed by atoms with Crippen LogP contribution in [0, 0.1) is 11.6 Å². The lowest BCUT2D eigenvalue weighted by Gasteiger charge is -2.22. The molecule has 5 rings (SSSR count). The number of aryl methyl sites for hydroxylation is 1. The third-order valence-electron chi connectivity index (χ3n) is 7.24. The van der Waals surface area contributed by atoms with Gasteiger partial charge in [-0.2, -0.15) is 18.9 Å². The van der Waals surface area contributed by atoms with Gasteiger partial charge in [0.15, 0.2) is 27.9 Å². The number of ether oxygens (including phenoxy) is 1. The summed E-state index contributed by atoms with van der Waals surface area (Å²) in [4.78, 5) is 47.1. The topological polar surface area (TPSA) is 187 Å². The molecule has 0 spiro atoms. The Hall–Kier alpha value is -5.44. The Morgan fingerprint density at radius 1 is 1.08 bits per heavy atom. The zero-order valence-corrected chi connectivity index (χ0v) is 28.1. The van der Waals surface area contributed by atoms with Gasteiger partial charge < -0.3 is 20.5 Å². The van der Waals surface area contributed by atoms with Crippen molar-refractivity contribution in [2.24, 2.45) is 7.05 Å². The van der Waals surface area contributed by atoms with Crippen LogP contribution in [0.4, 0.5) is 37.0 Å². The van der Waals surface area contributed by atoms with Gasteiger partial charge in [-0.25, -0.2) is 35.8 Å². The van der Waals surface area contributed by atoms with Crippen molar-refractivity contribution in [3.05, 3.63) is 80.9 Å². The van der Waals surface area contributed by atoms with Crippen LogP contribution in [0.1, 0.15) is 17.4 Å². The third-order valence-corrected chi connectivity index (χ3v) is 8.35. The first-order valence-electron chi connectivity index (χ1n) is 14.5. The predicted molar refractivity (Wildman–Crippen MR) is 173 cm³/mol. The first-order valence-corrected chi connectivity index (χ1v) is 17.0. The number of amides is 2. The second kappa shape index (κ2) is 14.3. The van der Waals surface area contributed by atoms with E-state index in [9.17, 15) is 54.3 Å². The maximum atomic E-state index is 14.3. The fourth-order valence-corrected chi connectivity index (χ4v) is 5.99. The van der Waals surface area contributed by atoms with Gasteiger partial charge in [-0.15, -0.1) is 0 Å². The summed E-state index contributed by atoms with van der Waals surface area (Å²) < 4.78 is 111. The van der Waals surface area contributed by atoms with E-state index in [1.165, 1.54) is 19.2 Å². The molecule has 3 N–H and O–H groups in total. The summed E-state index contributed by atoms with van der Waals surface area (Å²) in [6.45, 7) is -1.80. The van der Waals surface area contributed by atoms with Gasteiger partial charge in [-0.3, -0.25) is 18.8 Å². The number of benzene rings is 2. The molecule has 2 amide bonds. The molecule has 0 bridgehead atoms. The number of sulfone groups is 1. The summed E-state index contributed by atoms with van der Waals surface area (Å²) in [5.41, 5.74) is -1.70. The molecular formula is C30H24ClF6N7O7S. The van der Waals surface area contributed by atoms with Crippen molar-refractivity contribution in [1.82, 2.24) is 29.6 Å². The van der Waals surface area contributed by atoms with E-state index in [1.807, 2.05) is 0 Å². The first-order chi connectivity index (χ1) is 24.2. The molecule has 0 aliphatic rings. The number of carbonyl (C=O) groups is 2. The number of alkyl halides is 4. The predicted octanol–water partition coefficient (Wildman–Crippen LogP) is 4.41. The van der Waals surface area contributed by atoms with Crippen molar-refractivity contribution in [2.45, 2.75) is 24.8 Å². The molecule has 0 saturated carbocycles. The monoisotopic (exact) mass is 775 g/mol. The summed E-state index contributed by atoms with van der Waals surface area (Å²) in [7, 11) is -2.40. The lowest BCUT2D eigenvalue weighted by atomic mass is 10.0. The number of anilines is 1. The minimum Gasteiger partial charge on any atom is -0.471 e. The molecule has 22 heteroatoms. The van der Waals surface area contributed by atoms with Crippen molar-refractivity contribution in [3.63, 3.8) is 0 Å². The zero-order chi connectivity index (χ0) is 38.3. The van der Waals surface area contributed by atoms with Gasteiger partial charge in [0.1, 0.15) is 23.2 Å². The Bertz CT molecular complexity index is 2390. The quantitative estimate of drug-likeness (QED) is 0.153. The lowest BCUT2D eigenvalue weighted by molar-refractivity contribution is -0.148. The van der Waals surface area contributed by atoms with E-state index in [4.69, 9.17) is 16.3 Å². The van der Waals surface area contributed by atoms with Crippen LogP contribution in [0.2, 0.25) is 5.02 Å². The highest BCUT2D eigenvalue weighted by molar-refractivity contribution is 7.91. The van der Waals surface area contributed by atoms with E-state index in [-0.39, 0.29) is 38.4 Å². The standard InChI is InChI=1S/C30H24ClF6N7O7S/c1-43-23-19(5-4-17(31)22(23)25(42-43)39-20(45)11-52(2,49)50)44-26(18(38-29(47)48)9-13-7-14(32)10-15(33)8-13)41-24-16(27(44)46)3-6-21(40-24)51-12-30(36,37)28(34)35/h3-8,10,18,28,38H,9,11-12H2,1-2H3,(H,47,48)(H,39,42,45). The molecule has 276 valence electrons. The van der Waals surface area contributed by atoms with Gasteiger partial charge in [0.25, 0.3) is 5.56 Å². The van der Waals surface area contributed by atoms with E-state index in [0.717, 1.165) is 39.8 Å².